The van der Waals surface area contributed by atoms with Crippen molar-refractivity contribution in [1.82, 2.24) is 19.9 Å². The topological polar surface area (TPSA) is 86.8 Å². The van der Waals surface area contributed by atoms with Gasteiger partial charge in [0.15, 0.2) is 0 Å². The van der Waals surface area contributed by atoms with E-state index in [1.807, 2.05) is 25.3 Å². The van der Waals surface area contributed by atoms with Crippen LogP contribution < -0.4 is 15.8 Å². The molecule has 166 valence electrons. The average Bonchev–Trinajstić information content (AvgIpc) is 2.87. The summed E-state index contributed by atoms with van der Waals surface area (Å²) in [5.41, 5.74) is 5.30. The quantitative estimate of drug-likeness (QED) is 0.474. The normalized spacial score (nSPS) is 12.9. The van der Waals surface area contributed by atoms with Crippen molar-refractivity contribution >= 4 is 11.6 Å². The number of H-pyrrole nitrogens is 1. The monoisotopic (exact) mass is 438 g/mol. The van der Waals surface area contributed by atoms with Crippen molar-refractivity contribution in [2.24, 2.45) is 0 Å². The molecule has 2 N–H and O–H groups in total. The Bertz CT molecular complexity index is 1300. The van der Waals surface area contributed by atoms with Gasteiger partial charge in [0.25, 0.3) is 5.56 Å². The number of anilines is 2. The van der Waals surface area contributed by atoms with E-state index in [0.717, 1.165) is 48.0 Å². The van der Waals surface area contributed by atoms with Crippen LogP contribution >= 0.6 is 0 Å². The molecular formula is C26H26N6O. The zero-order valence-corrected chi connectivity index (χ0v) is 18.6. The number of aromatic amines is 1. The summed E-state index contributed by atoms with van der Waals surface area (Å²) < 4.78 is 0. The van der Waals surface area contributed by atoms with Gasteiger partial charge in [-0.3, -0.25) is 4.79 Å². The second-order valence-corrected chi connectivity index (χ2v) is 8.19. The van der Waals surface area contributed by atoms with E-state index in [1.54, 1.807) is 6.20 Å². The molecule has 0 radical (unpaired) electrons. The first-order chi connectivity index (χ1) is 16.2. The minimum Gasteiger partial charge on any atom is -0.366 e. The minimum atomic E-state index is -0.149. The third-order valence-electron chi connectivity index (χ3n) is 5.93. The summed E-state index contributed by atoms with van der Waals surface area (Å²) in [7, 11) is 0. The molecule has 7 heteroatoms. The van der Waals surface area contributed by atoms with Crippen molar-refractivity contribution in [3.63, 3.8) is 0 Å². The van der Waals surface area contributed by atoms with Crippen LogP contribution in [0.2, 0.25) is 0 Å². The molecule has 0 amide bonds. The minimum absolute atomic E-state index is 0.149. The van der Waals surface area contributed by atoms with Gasteiger partial charge in [0.2, 0.25) is 0 Å². The van der Waals surface area contributed by atoms with Crippen molar-refractivity contribution in [2.75, 3.05) is 16.8 Å². The van der Waals surface area contributed by atoms with Gasteiger partial charge in [-0.25, -0.2) is 15.0 Å². The van der Waals surface area contributed by atoms with E-state index in [0.29, 0.717) is 18.8 Å². The van der Waals surface area contributed by atoms with Crippen LogP contribution in [0, 0.1) is 0 Å². The smallest absolute Gasteiger partial charge is 0.251 e. The van der Waals surface area contributed by atoms with Gasteiger partial charge in [-0.05, 0) is 47.7 Å². The molecular weight excluding hydrogens is 412 g/mol. The largest absolute Gasteiger partial charge is 0.366 e. The molecule has 5 rings (SSSR count). The van der Waals surface area contributed by atoms with Crippen LogP contribution in [-0.4, -0.2) is 26.5 Å². The van der Waals surface area contributed by atoms with Gasteiger partial charge < -0.3 is 15.2 Å². The van der Waals surface area contributed by atoms with Crippen LogP contribution in [0.5, 0.6) is 0 Å². The molecule has 7 nitrogen and oxygen atoms in total. The Hall–Kier alpha value is -4.00. The summed E-state index contributed by atoms with van der Waals surface area (Å²) in [4.78, 5) is 30.5. The molecule has 0 fully saturated rings. The lowest BCUT2D eigenvalue weighted by molar-refractivity contribution is 0.720. The zero-order valence-electron chi connectivity index (χ0n) is 18.6. The third kappa shape index (κ3) is 4.77. The van der Waals surface area contributed by atoms with Gasteiger partial charge in [-0.15, -0.1) is 0 Å². The van der Waals surface area contributed by atoms with E-state index >= 15 is 0 Å². The first-order valence-electron chi connectivity index (χ1n) is 11.2. The molecule has 4 aromatic rings. The number of hydrogen-bond donors (Lipinski definition) is 2. The van der Waals surface area contributed by atoms with Gasteiger partial charge in [0, 0.05) is 49.4 Å². The van der Waals surface area contributed by atoms with Crippen LogP contribution in [0.25, 0.3) is 11.4 Å². The molecule has 0 bridgehead atoms. The number of aromatic nitrogens is 4. The van der Waals surface area contributed by atoms with Crippen LogP contribution in [0.15, 0.2) is 71.8 Å². The second kappa shape index (κ2) is 9.24. The number of nitrogens with one attached hydrogen (secondary N) is 2. The van der Waals surface area contributed by atoms with Gasteiger partial charge in [-0.2, -0.15) is 0 Å². The molecule has 0 saturated carbocycles. The van der Waals surface area contributed by atoms with E-state index in [1.165, 1.54) is 17.2 Å². The zero-order chi connectivity index (χ0) is 22.6. The van der Waals surface area contributed by atoms with Crippen LogP contribution in [0.4, 0.5) is 11.6 Å². The Labute approximate surface area is 192 Å². The summed E-state index contributed by atoms with van der Waals surface area (Å²) in [5.74, 6) is 2.30. The highest BCUT2D eigenvalue weighted by molar-refractivity contribution is 5.56. The van der Waals surface area contributed by atoms with Gasteiger partial charge in [0.1, 0.15) is 17.5 Å². The first-order valence-corrected chi connectivity index (χ1v) is 11.2. The molecule has 4 heterocycles. The average molecular weight is 439 g/mol. The highest BCUT2D eigenvalue weighted by Crippen LogP contribution is 2.23. The summed E-state index contributed by atoms with van der Waals surface area (Å²) >= 11 is 0. The predicted octanol–water partition coefficient (Wildman–Crippen LogP) is 3.96. The number of rotatable bonds is 6. The first kappa shape index (κ1) is 20.9. The van der Waals surface area contributed by atoms with E-state index < -0.39 is 0 Å². The summed E-state index contributed by atoms with van der Waals surface area (Å²) in [6.07, 6.45) is 5.40. The summed E-state index contributed by atoms with van der Waals surface area (Å²) in [6.45, 7) is 4.49. The molecule has 1 aromatic carbocycles. The van der Waals surface area contributed by atoms with Crippen LogP contribution in [-0.2, 0) is 25.9 Å². The Morgan fingerprint density at radius 2 is 1.91 bits per heavy atom. The fourth-order valence-electron chi connectivity index (χ4n) is 4.06. The number of nitrogens with zero attached hydrogens (tertiary/aromatic N) is 4. The molecule has 0 aliphatic carbocycles. The number of pyridine rings is 2. The summed E-state index contributed by atoms with van der Waals surface area (Å²) in [5, 5.41) is 3.33. The fourth-order valence-corrected chi connectivity index (χ4v) is 4.06. The van der Waals surface area contributed by atoms with Gasteiger partial charge >= 0.3 is 0 Å². The molecule has 3 aromatic heterocycles. The van der Waals surface area contributed by atoms with E-state index in [2.05, 4.69) is 66.6 Å². The molecule has 0 atom stereocenters. The van der Waals surface area contributed by atoms with Crippen molar-refractivity contribution in [2.45, 2.75) is 32.9 Å². The SMILES string of the molecule is CCc1cc(=O)[nH]c(-c2ccc(NCc3ccc(N4CCc5ccccc5C4)nc3)nc2)n1. The van der Waals surface area contributed by atoms with Crippen molar-refractivity contribution < 1.29 is 0 Å². The van der Waals surface area contributed by atoms with Crippen LogP contribution in [0.3, 0.4) is 0 Å². The molecule has 0 unspecified atom stereocenters. The lowest BCUT2D eigenvalue weighted by Crippen LogP contribution is -2.30. The molecule has 33 heavy (non-hydrogen) atoms. The van der Waals surface area contributed by atoms with Crippen LogP contribution in [0.1, 0.15) is 29.3 Å². The maximum Gasteiger partial charge on any atom is 0.251 e. The Balaban J connectivity index is 1.21. The highest BCUT2D eigenvalue weighted by Gasteiger charge is 2.16. The van der Waals surface area contributed by atoms with Crippen molar-refractivity contribution in [3.8, 4) is 11.4 Å². The standard InChI is InChI=1S/C26H26N6O/c1-2-22-13-25(33)31-26(30-22)20-8-9-23(28-16-20)27-14-18-7-10-24(29-15-18)32-12-11-19-5-3-4-6-21(19)17-32/h3-10,13,15-16H,2,11-12,14,17H2,1H3,(H,27,28)(H,30,31,33). The summed E-state index contributed by atoms with van der Waals surface area (Å²) in [6, 6.07) is 18.1. The Kier molecular flexibility index (Phi) is 5.85. The second-order valence-electron chi connectivity index (χ2n) is 8.19. The van der Waals surface area contributed by atoms with E-state index in [9.17, 15) is 4.79 Å². The fraction of sp³-hybridized carbons (Fsp3) is 0.231. The number of benzene rings is 1. The molecule has 1 aliphatic rings. The van der Waals surface area contributed by atoms with Gasteiger partial charge in [0.05, 0.1) is 0 Å². The third-order valence-corrected chi connectivity index (χ3v) is 5.93. The van der Waals surface area contributed by atoms with Crippen molar-refractivity contribution in [1.29, 1.82) is 0 Å². The molecule has 1 aliphatic heterocycles. The van der Waals surface area contributed by atoms with Crippen molar-refractivity contribution in [3.05, 3.63) is 99.7 Å². The molecule has 0 saturated heterocycles. The number of hydrogen-bond acceptors (Lipinski definition) is 6. The van der Waals surface area contributed by atoms with E-state index in [-0.39, 0.29) is 5.56 Å². The van der Waals surface area contributed by atoms with Gasteiger partial charge in [-0.1, -0.05) is 37.3 Å². The number of aryl methyl sites for hydroxylation is 1. The lowest BCUT2D eigenvalue weighted by atomic mass is 10.00. The Morgan fingerprint density at radius 3 is 2.67 bits per heavy atom. The number of fused-ring (bicyclic) bond motifs is 1. The van der Waals surface area contributed by atoms with E-state index in [4.69, 9.17) is 0 Å². The highest BCUT2D eigenvalue weighted by atomic mass is 16.1. The molecule has 0 spiro atoms. The maximum absolute atomic E-state index is 11.8. The Morgan fingerprint density at radius 1 is 1.03 bits per heavy atom. The predicted molar refractivity (Wildman–Crippen MR) is 130 cm³/mol. The maximum atomic E-state index is 11.8. The lowest BCUT2D eigenvalue weighted by Gasteiger charge is -2.29.